The zero-order valence-electron chi connectivity index (χ0n) is 26.0. The van der Waals surface area contributed by atoms with Gasteiger partial charge in [0.25, 0.3) is 0 Å². The molecule has 12 heteroatoms. The van der Waals surface area contributed by atoms with Crippen LogP contribution in [-0.4, -0.2) is 37.8 Å². The number of nitrogens with zero attached hydrogens (tertiary/aromatic N) is 5. The van der Waals surface area contributed by atoms with Crippen LogP contribution in [0.25, 0.3) is 22.8 Å². The van der Waals surface area contributed by atoms with Crippen molar-refractivity contribution in [2.45, 2.75) is 65.8 Å². The van der Waals surface area contributed by atoms with Gasteiger partial charge in [0.05, 0.1) is 11.4 Å². The average molecular weight is 649 g/mol. The summed E-state index contributed by atoms with van der Waals surface area (Å²) in [6.45, 7) is 8.22. The van der Waals surface area contributed by atoms with Gasteiger partial charge in [-0.3, -0.25) is 4.57 Å². The van der Waals surface area contributed by atoms with E-state index in [0.29, 0.717) is 16.3 Å². The van der Waals surface area contributed by atoms with Crippen LogP contribution >= 0.6 is 11.3 Å². The lowest BCUT2D eigenvalue weighted by Gasteiger charge is -2.14. The lowest BCUT2D eigenvalue weighted by Crippen LogP contribution is -2.32. The molecule has 5 aromatic rings. The number of urea groups is 1. The molecule has 0 radical (unpaired) electrons. The molecule has 0 aliphatic rings. The summed E-state index contributed by atoms with van der Waals surface area (Å²) in [6, 6.07) is 19.2. The number of aromatic nitrogens is 4. The summed E-state index contributed by atoms with van der Waals surface area (Å²) in [6.07, 6.45) is 0.204. The fraction of sp³-hybridized carbons (Fsp3) is 0.294. The van der Waals surface area contributed by atoms with E-state index in [1.807, 2.05) is 43.5 Å². The van der Waals surface area contributed by atoms with Gasteiger partial charge in [-0.1, -0.05) is 49.7 Å². The minimum absolute atomic E-state index is 0.0923. The molecule has 2 amide bonds. The number of carbonyl (C=O) groups is 1. The van der Waals surface area contributed by atoms with E-state index in [9.17, 15) is 18.0 Å². The number of amides is 2. The Balaban J connectivity index is 1.18. The first-order valence-electron chi connectivity index (χ1n) is 15.0. The highest BCUT2D eigenvalue weighted by atomic mass is 32.1. The Labute approximate surface area is 269 Å². The first-order chi connectivity index (χ1) is 22.0. The summed E-state index contributed by atoms with van der Waals surface area (Å²) < 4.78 is 44.7. The van der Waals surface area contributed by atoms with Crippen molar-refractivity contribution in [2.24, 2.45) is 4.99 Å². The number of nitrogens with one attached hydrogen (secondary N) is 1. The van der Waals surface area contributed by atoms with Crippen molar-refractivity contribution in [1.82, 2.24) is 24.6 Å². The van der Waals surface area contributed by atoms with Crippen LogP contribution in [0, 0.1) is 13.8 Å². The van der Waals surface area contributed by atoms with Gasteiger partial charge in [0.2, 0.25) is 0 Å². The summed E-state index contributed by atoms with van der Waals surface area (Å²) in [5.74, 6) is 0.179. The fourth-order valence-corrected chi connectivity index (χ4v) is 5.92. The van der Waals surface area contributed by atoms with Crippen molar-refractivity contribution in [3.05, 3.63) is 106 Å². The van der Waals surface area contributed by atoms with E-state index in [4.69, 9.17) is 0 Å². The van der Waals surface area contributed by atoms with Crippen molar-refractivity contribution in [1.29, 1.82) is 0 Å². The Hall–Kier alpha value is -4.71. The molecule has 1 atom stereocenters. The van der Waals surface area contributed by atoms with Crippen molar-refractivity contribution in [3.63, 3.8) is 0 Å². The lowest BCUT2D eigenvalue weighted by atomic mass is 10.0. The second kappa shape index (κ2) is 14.2. The maximum Gasteiger partial charge on any atom is 0.573 e. The predicted molar refractivity (Wildman–Crippen MR) is 172 cm³/mol. The van der Waals surface area contributed by atoms with Gasteiger partial charge in [0, 0.05) is 22.7 Å². The van der Waals surface area contributed by atoms with Gasteiger partial charge in [0.15, 0.2) is 10.6 Å². The molecule has 8 nitrogen and oxygen atoms in total. The molecule has 240 valence electrons. The van der Waals surface area contributed by atoms with Crippen LogP contribution in [0.3, 0.4) is 0 Å². The topological polar surface area (TPSA) is 86.3 Å². The van der Waals surface area contributed by atoms with Gasteiger partial charge in [-0.15, -0.1) is 29.6 Å². The Morgan fingerprint density at radius 1 is 1.04 bits per heavy atom. The minimum atomic E-state index is -4.75. The molecule has 1 N–H and O–H groups in total. The number of hydrogen-bond acceptors (Lipinski definition) is 5. The third kappa shape index (κ3) is 8.30. The van der Waals surface area contributed by atoms with Gasteiger partial charge in [0.1, 0.15) is 12.1 Å². The Morgan fingerprint density at radius 3 is 2.48 bits per heavy atom. The molecule has 3 aromatic carbocycles. The van der Waals surface area contributed by atoms with Crippen molar-refractivity contribution in [2.75, 3.05) is 0 Å². The number of halogens is 3. The van der Waals surface area contributed by atoms with Gasteiger partial charge < -0.3 is 10.1 Å². The summed E-state index contributed by atoms with van der Waals surface area (Å²) >= 11 is 1.45. The van der Waals surface area contributed by atoms with Crippen LogP contribution in [0.1, 0.15) is 49.1 Å². The zero-order valence-corrected chi connectivity index (χ0v) is 26.8. The normalized spacial score (nSPS) is 12.7. The van der Waals surface area contributed by atoms with Gasteiger partial charge in [-0.25, -0.2) is 14.5 Å². The van der Waals surface area contributed by atoms with Crippen LogP contribution in [0.15, 0.2) is 83.4 Å². The largest absolute Gasteiger partial charge is 0.573 e. The summed E-state index contributed by atoms with van der Waals surface area (Å²) in [4.78, 5) is 22.3. The highest BCUT2D eigenvalue weighted by Crippen LogP contribution is 2.24. The number of aryl methyl sites for hydroxylation is 4. The highest BCUT2D eigenvalue weighted by Gasteiger charge is 2.31. The van der Waals surface area contributed by atoms with Crippen molar-refractivity contribution < 1.29 is 22.7 Å². The minimum Gasteiger partial charge on any atom is -0.406 e. The summed E-state index contributed by atoms with van der Waals surface area (Å²) in [5, 5.41) is 9.48. The number of ether oxygens (including phenoxy) is 1. The van der Waals surface area contributed by atoms with E-state index < -0.39 is 6.36 Å². The highest BCUT2D eigenvalue weighted by molar-refractivity contribution is 7.07. The third-order valence-electron chi connectivity index (χ3n) is 7.35. The molecule has 0 fully saturated rings. The van der Waals surface area contributed by atoms with Crippen molar-refractivity contribution in [3.8, 4) is 28.5 Å². The summed E-state index contributed by atoms with van der Waals surface area (Å²) in [7, 11) is 0. The molecule has 2 aromatic heterocycles. The van der Waals surface area contributed by atoms with E-state index in [2.05, 4.69) is 61.7 Å². The second-order valence-corrected chi connectivity index (χ2v) is 12.0. The van der Waals surface area contributed by atoms with Crippen molar-refractivity contribution >= 4 is 17.4 Å². The average Bonchev–Trinajstić information content (AvgIpc) is 3.64. The SMILES string of the molecule is CCCc1ccc(C)cc1-n1c(C)cs/c1=N\C(=O)NC(C)CCc1ccc(-c2ncn(-c3ccc(OC(F)(F)F)cc3)n2)cc1. The smallest absolute Gasteiger partial charge is 0.406 e. The van der Waals surface area contributed by atoms with Crippen LogP contribution < -0.4 is 14.9 Å². The molecule has 2 heterocycles. The molecule has 46 heavy (non-hydrogen) atoms. The maximum atomic E-state index is 12.9. The number of thiazole rings is 1. The number of rotatable bonds is 10. The van der Waals surface area contributed by atoms with Crippen LogP contribution in [0.5, 0.6) is 5.75 Å². The fourth-order valence-electron chi connectivity index (χ4n) is 5.05. The first kappa shape index (κ1) is 32.7. The molecule has 0 aliphatic carbocycles. The molecular formula is C34H35F3N6O2S. The molecule has 0 aliphatic heterocycles. The number of benzene rings is 3. The molecule has 5 rings (SSSR count). The molecule has 1 unspecified atom stereocenters. The van der Waals surface area contributed by atoms with Crippen LogP contribution in [0.4, 0.5) is 18.0 Å². The van der Waals surface area contributed by atoms with E-state index in [0.717, 1.165) is 53.8 Å². The van der Waals surface area contributed by atoms with E-state index in [1.54, 1.807) is 0 Å². The second-order valence-electron chi connectivity index (χ2n) is 11.1. The Kier molecular flexibility index (Phi) is 10.1. The van der Waals surface area contributed by atoms with E-state index in [1.165, 1.54) is 52.2 Å². The maximum absolute atomic E-state index is 12.9. The van der Waals surface area contributed by atoms with E-state index >= 15 is 0 Å². The zero-order chi connectivity index (χ0) is 32.8. The van der Waals surface area contributed by atoms with Gasteiger partial charge >= 0.3 is 12.4 Å². The monoisotopic (exact) mass is 648 g/mol. The molecular weight excluding hydrogens is 613 g/mol. The molecule has 0 saturated heterocycles. The summed E-state index contributed by atoms with van der Waals surface area (Å²) in [5.41, 5.74) is 6.93. The Bertz CT molecular complexity index is 1860. The Morgan fingerprint density at radius 2 is 1.78 bits per heavy atom. The first-order valence-corrected chi connectivity index (χ1v) is 15.9. The van der Waals surface area contributed by atoms with E-state index in [-0.39, 0.29) is 17.8 Å². The number of alkyl halides is 3. The van der Waals surface area contributed by atoms with Crippen LogP contribution in [-0.2, 0) is 12.8 Å². The molecule has 0 saturated carbocycles. The third-order valence-corrected chi connectivity index (χ3v) is 8.30. The molecule has 0 spiro atoms. The number of hydrogen-bond donors (Lipinski definition) is 1. The lowest BCUT2D eigenvalue weighted by molar-refractivity contribution is -0.274. The molecule has 0 bridgehead atoms. The quantitative estimate of drug-likeness (QED) is 0.167. The van der Waals surface area contributed by atoms with Gasteiger partial charge in [-0.2, -0.15) is 4.99 Å². The van der Waals surface area contributed by atoms with Crippen LogP contribution in [0.2, 0.25) is 0 Å². The number of carbonyl (C=O) groups excluding carboxylic acids is 1. The van der Waals surface area contributed by atoms with Gasteiger partial charge in [-0.05, 0) is 87.1 Å². The predicted octanol–water partition coefficient (Wildman–Crippen LogP) is 7.89. The standard InChI is InChI=1S/C34H35F3N6O2S/c1-5-6-26-12-7-22(2)19-30(26)43-24(4)20-46-33(43)40-32(44)39-23(3)8-9-25-10-13-27(14-11-25)31-38-21-42(41-31)28-15-17-29(18-16-28)45-34(35,36)37/h7,10-21,23H,5-6,8-9H2,1-4H3,(H,39,44)/b40-33-.